The Bertz CT molecular complexity index is 911. The summed E-state index contributed by atoms with van der Waals surface area (Å²) < 4.78 is 32.0. The van der Waals surface area contributed by atoms with Crippen molar-refractivity contribution < 1.29 is 17.9 Å². The number of aromatic nitrogens is 3. The molecule has 4 N–H and O–H groups in total. The molecule has 0 radical (unpaired) electrons. The number of nitrogen functional groups attached to an aromatic ring is 1. The lowest BCUT2D eigenvalue weighted by Crippen LogP contribution is -2.40. The highest BCUT2D eigenvalue weighted by Crippen LogP contribution is 2.23. The number of hydrogen-bond acceptors (Lipinski definition) is 8. The number of nitrogens with one attached hydrogen (secondary N) is 2. The Morgan fingerprint density at radius 3 is 2.81 bits per heavy atom. The first-order valence-corrected chi connectivity index (χ1v) is 10.5. The van der Waals surface area contributed by atoms with E-state index in [1.807, 2.05) is 0 Å². The summed E-state index contributed by atoms with van der Waals surface area (Å²) in [6, 6.07) is 6.19. The molecule has 1 saturated heterocycles. The van der Waals surface area contributed by atoms with Crippen LogP contribution in [0.3, 0.4) is 0 Å². The smallest absolute Gasteiger partial charge is 0.243 e. The van der Waals surface area contributed by atoms with Crippen molar-refractivity contribution in [2.45, 2.75) is 22.2 Å². The van der Waals surface area contributed by atoms with Crippen LogP contribution in [0.25, 0.3) is 0 Å². The van der Waals surface area contributed by atoms with Gasteiger partial charge in [0, 0.05) is 18.8 Å². The number of amides is 1. The topological polar surface area (TPSA) is 143 Å². The molecule has 1 atom stereocenters. The highest BCUT2D eigenvalue weighted by Gasteiger charge is 2.26. The first-order valence-electron chi connectivity index (χ1n) is 8.19. The summed E-state index contributed by atoms with van der Waals surface area (Å²) in [5.41, 5.74) is 5.86. The number of hydrogen-bond donors (Lipinski definition) is 3. The lowest BCUT2D eigenvalue weighted by atomic mass is 10.3. The summed E-state index contributed by atoms with van der Waals surface area (Å²) in [4.78, 5) is 16.4. The van der Waals surface area contributed by atoms with Gasteiger partial charge in [0.25, 0.3) is 0 Å². The summed E-state index contributed by atoms with van der Waals surface area (Å²) in [6.07, 6.45) is 0. The van der Waals surface area contributed by atoms with Crippen molar-refractivity contribution in [3.05, 3.63) is 24.3 Å². The lowest BCUT2D eigenvalue weighted by molar-refractivity contribution is -0.115. The van der Waals surface area contributed by atoms with Crippen LogP contribution in [0.5, 0.6) is 0 Å². The van der Waals surface area contributed by atoms with Crippen molar-refractivity contribution >= 4 is 39.3 Å². The molecule has 3 rings (SSSR count). The average Bonchev–Trinajstić information content (AvgIpc) is 3.07. The highest BCUT2D eigenvalue weighted by molar-refractivity contribution is 8.00. The second-order valence-electron chi connectivity index (χ2n) is 5.80. The molecule has 146 valence electrons. The summed E-state index contributed by atoms with van der Waals surface area (Å²) in [6.45, 7) is 3.06. The first-order chi connectivity index (χ1) is 12.9. The molecule has 2 aromatic rings. The number of ether oxygens (including phenoxy) is 1. The molecule has 0 aliphatic carbocycles. The van der Waals surface area contributed by atoms with Gasteiger partial charge in [0.2, 0.25) is 27.0 Å². The van der Waals surface area contributed by atoms with Gasteiger partial charge in [-0.1, -0.05) is 17.8 Å². The van der Waals surface area contributed by atoms with E-state index in [0.29, 0.717) is 37.1 Å². The fourth-order valence-electron chi connectivity index (χ4n) is 2.44. The molecule has 1 aliphatic rings. The van der Waals surface area contributed by atoms with Gasteiger partial charge in [0.05, 0.1) is 23.4 Å². The Labute approximate surface area is 160 Å². The SMILES string of the molecule is CC(Sc1n[nH]c(N)n1)C(=O)Nc1cccc(S(=O)(=O)N2CCOCC2)c1. The number of H-pyrrole nitrogens is 1. The molecule has 2 heterocycles. The van der Waals surface area contributed by atoms with E-state index in [0.717, 1.165) is 11.8 Å². The maximum absolute atomic E-state index is 12.7. The van der Waals surface area contributed by atoms with Crippen LogP contribution >= 0.6 is 11.8 Å². The third-order valence-corrected chi connectivity index (χ3v) is 6.70. The molecule has 1 fully saturated rings. The number of rotatable bonds is 6. The zero-order valence-corrected chi connectivity index (χ0v) is 16.2. The third kappa shape index (κ3) is 4.77. The Kier molecular flexibility index (Phi) is 5.99. The largest absolute Gasteiger partial charge is 0.379 e. The number of thioether (sulfide) groups is 1. The fraction of sp³-hybridized carbons (Fsp3) is 0.400. The Hall–Kier alpha value is -2.15. The van der Waals surface area contributed by atoms with Gasteiger partial charge in [-0.05, 0) is 25.1 Å². The Balaban J connectivity index is 1.68. The number of carbonyl (C=O) groups excluding carboxylic acids is 1. The summed E-state index contributed by atoms with van der Waals surface area (Å²) in [5, 5.41) is 8.95. The van der Waals surface area contributed by atoms with E-state index in [2.05, 4.69) is 20.5 Å². The van der Waals surface area contributed by atoms with Crippen molar-refractivity contribution in [3.8, 4) is 0 Å². The molecular formula is C15H20N6O4S2. The van der Waals surface area contributed by atoms with Crippen LogP contribution < -0.4 is 11.1 Å². The van der Waals surface area contributed by atoms with E-state index in [1.165, 1.54) is 16.4 Å². The Morgan fingerprint density at radius 2 is 2.15 bits per heavy atom. The van der Waals surface area contributed by atoms with Crippen LogP contribution in [0.1, 0.15) is 6.92 Å². The van der Waals surface area contributed by atoms with Gasteiger partial charge < -0.3 is 15.8 Å². The van der Waals surface area contributed by atoms with E-state index in [9.17, 15) is 13.2 Å². The van der Waals surface area contributed by atoms with E-state index in [4.69, 9.17) is 10.5 Å². The van der Waals surface area contributed by atoms with Crippen molar-refractivity contribution in [2.24, 2.45) is 0 Å². The van der Waals surface area contributed by atoms with Crippen LogP contribution in [-0.2, 0) is 19.6 Å². The maximum atomic E-state index is 12.7. The third-order valence-electron chi connectivity index (χ3n) is 3.84. The second kappa shape index (κ2) is 8.25. The molecular weight excluding hydrogens is 392 g/mol. The van der Waals surface area contributed by atoms with Crippen LogP contribution in [0.2, 0.25) is 0 Å². The number of morpholine rings is 1. The minimum absolute atomic E-state index is 0.129. The number of carbonyl (C=O) groups is 1. The minimum atomic E-state index is -3.63. The molecule has 12 heteroatoms. The average molecular weight is 412 g/mol. The number of nitrogens with zero attached hydrogens (tertiary/aromatic N) is 3. The van der Waals surface area contributed by atoms with Crippen molar-refractivity contribution in [3.63, 3.8) is 0 Å². The monoisotopic (exact) mass is 412 g/mol. The molecule has 1 aromatic carbocycles. The van der Waals surface area contributed by atoms with Crippen LogP contribution in [0.15, 0.2) is 34.3 Å². The molecule has 1 aliphatic heterocycles. The fourth-order valence-corrected chi connectivity index (χ4v) is 4.62. The molecule has 1 aromatic heterocycles. The van der Waals surface area contributed by atoms with Gasteiger partial charge in [0.1, 0.15) is 0 Å². The summed E-state index contributed by atoms with van der Waals surface area (Å²) >= 11 is 1.14. The standard InChI is InChI=1S/C15H20N6O4S2/c1-10(26-15-18-14(16)19-20-15)13(22)17-11-3-2-4-12(9-11)27(23,24)21-5-7-25-8-6-21/h2-4,9-10H,5-8H2,1H3,(H,17,22)(H3,16,18,19,20). The van der Waals surface area contributed by atoms with Gasteiger partial charge >= 0.3 is 0 Å². The second-order valence-corrected chi connectivity index (χ2v) is 9.04. The lowest BCUT2D eigenvalue weighted by Gasteiger charge is -2.26. The molecule has 10 nitrogen and oxygen atoms in total. The van der Waals surface area contributed by atoms with Crippen molar-refractivity contribution in [1.82, 2.24) is 19.5 Å². The quantitative estimate of drug-likeness (QED) is 0.583. The summed E-state index contributed by atoms with van der Waals surface area (Å²) in [5.74, 6) is -0.129. The van der Waals surface area contributed by atoms with Gasteiger partial charge in [-0.2, -0.15) is 9.29 Å². The first kappa shape index (κ1) is 19.6. The zero-order valence-electron chi connectivity index (χ0n) is 14.6. The highest BCUT2D eigenvalue weighted by atomic mass is 32.2. The maximum Gasteiger partial charge on any atom is 0.243 e. The molecule has 1 unspecified atom stereocenters. The molecule has 1 amide bonds. The normalized spacial score (nSPS) is 16.8. The van der Waals surface area contributed by atoms with Gasteiger partial charge in [0.15, 0.2) is 0 Å². The van der Waals surface area contributed by atoms with Crippen LogP contribution in [0, 0.1) is 0 Å². The molecule has 0 bridgehead atoms. The van der Waals surface area contributed by atoms with Crippen LogP contribution in [-0.4, -0.2) is 65.4 Å². The van der Waals surface area contributed by atoms with E-state index in [-0.39, 0.29) is 16.8 Å². The predicted octanol–water partition coefficient (Wildman–Crippen LogP) is 0.527. The van der Waals surface area contributed by atoms with Gasteiger partial charge in [-0.3, -0.25) is 4.79 Å². The van der Waals surface area contributed by atoms with Crippen LogP contribution in [0.4, 0.5) is 11.6 Å². The minimum Gasteiger partial charge on any atom is -0.379 e. The van der Waals surface area contributed by atoms with Gasteiger partial charge in [-0.15, -0.1) is 5.10 Å². The number of sulfonamides is 1. The number of nitrogens with two attached hydrogens (primary N) is 1. The van der Waals surface area contributed by atoms with E-state index >= 15 is 0 Å². The molecule has 0 saturated carbocycles. The van der Waals surface area contributed by atoms with Gasteiger partial charge in [-0.25, -0.2) is 13.5 Å². The Morgan fingerprint density at radius 1 is 1.41 bits per heavy atom. The predicted molar refractivity (Wildman–Crippen MR) is 101 cm³/mol. The number of aromatic amines is 1. The number of benzene rings is 1. The van der Waals surface area contributed by atoms with Crippen molar-refractivity contribution in [1.29, 1.82) is 0 Å². The molecule has 27 heavy (non-hydrogen) atoms. The van der Waals surface area contributed by atoms with E-state index in [1.54, 1.807) is 19.1 Å². The molecule has 0 spiro atoms. The van der Waals surface area contributed by atoms with Crippen molar-refractivity contribution in [2.75, 3.05) is 37.4 Å². The summed E-state index contributed by atoms with van der Waals surface area (Å²) in [7, 11) is -3.63. The zero-order chi connectivity index (χ0) is 19.4. The van der Waals surface area contributed by atoms with E-state index < -0.39 is 15.3 Å². The number of anilines is 2.